The molecular formula is C53H78N10O6. The van der Waals surface area contributed by atoms with E-state index in [0.29, 0.717) is 53.5 Å². The van der Waals surface area contributed by atoms with E-state index in [1.54, 1.807) is 14.2 Å². The van der Waals surface area contributed by atoms with Gasteiger partial charge < -0.3 is 50.8 Å². The van der Waals surface area contributed by atoms with Crippen LogP contribution in [0.3, 0.4) is 0 Å². The van der Waals surface area contributed by atoms with E-state index in [2.05, 4.69) is 61.3 Å². The first-order valence-corrected chi connectivity index (χ1v) is 25.2. The van der Waals surface area contributed by atoms with Crippen LogP contribution in [0.1, 0.15) is 135 Å². The van der Waals surface area contributed by atoms with Crippen molar-refractivity contribution in [2.75, 3.05) is 102 Å². The van der Waals surface area contributed by atoms with E-state index in [1.807, 2.05) is 50.2 Å². The molecule has 6 rings (SSSR count). The van der Waals surface area contributed by atoms with Crippen LogP contribution < -0.4 is 31.6 Å². The Labute approximate surface area is 410 Å². The molecule has 0 spiro atoms. The van der Waals surface area contributed by atoms with Gasteiger partial charge in [0.25, 0.3) is 0 Å². The molecule has 4 heterocycles. The topological polar surface area (TPSA) is 205 Å². The Morgan fingerprint density at radius 1 is 0.696 bits per heavy atom. The Kier molecular flexibility index (Phi) is 20.1. The first-order valence-electron chi connectivity index (χ1n) is 25.2. The van der Waals surface area contributed by atoms with Gasteiger partial charge in [0.15, 0.2) is 0 Å². The summed E-state index contributed by atoms with van der Waals surface area (Å²) in [5, 5.41) is 6.91. The van der Waals surface area contributed by atoms with Crippen LogP contribution in [0.15, 0.2) is 36.4 Å². The molecule has 4 aromatic rings. The quantitative estimate of drug-likeness (QED) is 0.0350. The number of anilines is 4. The lowest BCUT2D eigenvalue weighted by molar-refractivity contribution is -0.155. The van der Waals surface area contributed by atoms with Crippen LogP contribution in [0.2, 0.25) is 0 Å². The largest absolute Gasteiger partial charge is 0.496 e. The van der Waals surface area contributed by atoms with E-state index in [9.17, 15) is 4.79 Å². The predicted molar refractivity (Wildman–Crippen MR) is 273 cm³/mol. The Bertz CT molecular complexity index is 2300. The molecule has 2 atom stereocenters. The molecule has 16 heteroatoms. The van der Waals surface area contributed by atoms with E-state index in [1.165, 1.54) is 12.8 Å². The first-order chi connectivity index (χ1) is 33.4. The van der Waals surface area contributed by atoms with Crippen LogP contribution in [0.25, 0.3) is 0 Å². The summed E-state index contributed by atoms with van der Waals surface area (Å²) in [6.07, 6.45) is 10.7. The molecule has 2 fully saturated rings. The number of likely N-dealkylation sites (tertiary alicyclic amines) is 2. The molecule has 2 aromatic carbocycles. The van der Waals surface area contributed by atoms with Gasteiger partial charge in [0.1, 0.15) is 23.1 Å². The van der Waals surface area contributed by atoms with Gasteiger partial charge in [-0.3, -0.25) is 9.59 Å². The van der Waals surface area contributed by atoms with Gasteiger partial charge in [-0.2, -0.15) is 9.97 Å². The number of hydrogen-bond acceptors (Lipinski definition) is 16. The van der Waals surface area contributed by atoms with Crippen molar-refractivity contribution in [1.82, 2.24) is 29.7 Å². The Balaban J connectivity index is 1.40. The second-order valence-corrected chi connectivity index (χ2v) is 18.8. The third kappa shape index (κ3) is 14.6. The third-order valence-electron chi connectivity index (χ3n) is 13.6. The van der Waals surface area contributed by atoms with Gasteiger partial charge in [-0.1, -0.05) is 51.0 Å². The molecule has 0 aliphatic carbocycles. The number of benzene rings is 2. The van der Waals surface area contributed by atoms with Crippen molar-refractivity contribution in [1.29, 1.82) is 0 Å². The van der Waals surface area contributed by atoms with E-state index in [0.717, 1.165) is 124 Å². The van der Waals surface area contributed by atoms with Crippen LogP contribution >= 0.6 is 0 Å². The van der Waals surface area contributed by atoms with Gasteiger partial charge in [-0.15, -0.1) is 0 Å². The van der Waals surface area contributed by atoms with E-state index in [4.69, 9.17) is 30.4 Å². The maximum atomic E-state index is 15.0. The van der Waals surface area contributed by atoms with E-state index < -0.39 is 23.8 Å². The molecule has 0 bridgehead atoms. The van der Waals surface area contributed by atoms with Crippen LogP contribution in [-0.2, 0) is 31.9 Å². The monoisotopic (exact) mass is 951 g/mol. The number of methoxy groups -OCH3 is 2. The zero-order chi connectivity index (χ0) is 49.3. The standard InChI is InChI=1S/C53H78N10O6/c1-8-10-22-56-48-42(35(3)58-52(54)60-48)30-38-16-18-40(32-44(38)66-6)46(50(64)68-29-15-14-26-63-24-12-13-25-63)47(51(65)69-34-37-20-27-62(5)28-21-37)41-19-17-39(45(33-41)67-7)31-43-36(4)59-53(55)61-49(43)57-23-11-9-2/h16-19,32-33,37,46-47H,8-15,20-31,34H2,1-7H3,(H3,54,56,58,60)(H3,55,57,59,61). The Morgan fingerprint density at radius 2 is 1.19 bits per heavy atom. The summed E-state index contributed by atoms with van der Waals surface area (Å²) in [6.45, 7) is 15.1. The number of carbonyl (C=O) groups excluding carboxylic acids is 2. The zero-order valence-electron chi connectivity index (χ0n) is 42.3. The number of nitrogen functional groups attached to an aromatic ring is 2. The summed E-state index contributed by atoms with van der Waals surface area (Å²) < 4.78 is 24.7. The molecule has 2 unspecified atom stereocenters. The summed E-state index contributed by atoms with van der Waals surface area (Å²) >= 11 is 0. The molecule has 376 valence electrons. The lowest BCUT2D eigenvalue weighted by atomic mass is 9.80. The number of hydrogen-bond donors (Lipinski definition) is 4. The lowest BCUT2D eigenvalue weighted by Gasteiger charge is -2.30. The molecule has 2 aromatic heterocycles. The summed E-state index contributed by atoms with van der Waals surface area (Å²) in [6, 6.07) is 11.4. The normalized spacial score (nSPS) is 15.4. The second kappa shape index (κ2) is 26.3. The van der Waals surface area contributed by atoms with Crippen molar-refractivity contribution in [2.45, 2.75) is 117 Å². The number of carbonyl (C=O) groups is 2. The Hall–Kier alpha value is -5.74. The lowest BCUT2D eigenvalue weighted by Crippen LogP contribution is -2.34. The van der Waals surface area contributed by atoms with Crippen molar-refractivity contribution in [3.05, 3.63) is 81.2 Å². The number of ether oxygens (including phenoxy) is 4. The fourth-order valence-corrected chi connectivity index (χ4v) is 9.45. The summed E-state index contributed by atoms with van der Waals surface area (Å²) in [5.74, 6) is -0.163. The number of nitrogens with one attached hydrogen (secondary N) is 2. The molecule has 16 nitrogen and oxygen atoms in total. The Morgan fingerprint density at radius 3 is 1.67 bits per heavy atom. The van der Waals surface area contributed by atoms with Crippen LogP contribution in [0.5, 0.6) is 11.5 Å². The summed E-state index contributed by atoms with van der Waals surface area (Å²) in [5.41, 5.74) is 18.4. The van der Waals surface area contributed by atoms with Crippen molar-refractivity contribution >= 4 is 35.5 Å². The fraction of sp³-hybridized carbons (Fsp3) is 0.585. The molecule has 2 aliphatic heterocycles. The SMILES string of the molecule is CCCCNc1nc(N)nc(C)c1Cc1ccc(C(C(=O)OCCCCN2CCCC2)C(C(=O)OCC2CCN(C)CC2)c2ccc(Cc3c(C)nc(N)nc3NCCCC)c(OC)c2)cc1OC. The highest BCUT2D eigenvalue weighted by atomic mass is 16.5. The summed E-state index contributed by atoms with van der Waals surface area (Å²) in [4.78, 5) is 52.8. The molecular weight excluding hydrogens is 873 g/mol. The van der Waals surface area contributed by atoms with Crippen molar-refractivity contribution in [3.63, 3.8) is 0 Å². The van der Waals surface area contributed by atoms with Crippen molar-refractivity contribution in [3.8, 4) is 11.5 Å². The first kappa shape index (κ1) is 52.6. The molecule has 0 amide bonds. The maximum absolute atomic E-state index is 15.0. The number of nitrogens with two attached hydrogens (primary N) is 2. The zero-order valence-corrected chi connectivity index (χ0v) is 42.3. The van der Waals surface area contributed by atoms with Gasteiger partial charge in [-0.05, 0) is 145 Å². The fourth-order valence-electron chi connectivity index (χ4n) is 9.45. The van der Waals surface area contributed by atoms with Crippen molar-refractivity contribution < 1.29 is 28.5 Å². The van der Waals surface area contributed by atoms with Gasteiger partial charge in [0.2, 0.25) is 11.9 Å². The van der Waals surface area contributed by atoms with E-state index >= 15 is 4.79 Å². The van der Waals surface area contributed by atoms with Gasteiger partial charge >= 0.3 is 11.9 Å². The number of aryl methyl sites for hydroxylation is 2. The molecule has 2 aliphatic rings. The number of piperidine rings is 1. The van der Waals surface area contributed by atoms with E-state index in [-0.39, 0.29) is 31.0 Å². The summed E-state index contributed by atoms with van der Waals surface area (Å²) in [7, 11) is 5.33. The average Bonchev–Trinajstić information content (AvgIpc) is 3.86. The number of nitrogens with zero attached hydrogens (tertiary/aromatic N) is 6. The van der Waals surface area contributed by atoms with Gasteiger partial charge in [0, 0.05) is 48.4 Å². The highest BCUT2D eigenvalue weighted by Gasteiger charge is 2.40. The minimum Gasteiger partial charge on any atom is -0.496 e. The van der Waals surface area contributed by atoms with Crippen LogP contribution in [-0.4, -0.2) is 122 Å². The molecule has 2 saturated heterocycles. The minimum absolute atomic E-state index is 0.201. The van der Waals surface area contributed by atoms with Crippen LogP contribution in [0, 0.1) is 19.8 Å². The highest BCUT2D eigenvalue weighted by Crippen LogP contribution is 2.41. The number of rotatable bonds is 26. The average molecular weight is 951 g/mol. The second-order valence-electron chi connectivity index (χ2n) is 18.8. The van der Waals surface area contributed by atoms with Gasteiger partial charge in [0.05, 0.1) is 39.3 Å². The maximum Gasteiger partial charge on any atom is 0.314 e. The number of aromatic nitrogens is 4. The third-order valence-corrected chi connectivity index (χ3v) is 13.6. The van der Waals surface area contributed by atoms with Crippen LogP contribution in [0.4, 0.5) is 23.5 Å². The molecule has 6 N–H and O–H groups in total. The predicted octanol–water partition coefficient (Wildman–Crippen LogP) is 7.84. The number of esters is 2. The van der Waals surface area contributed by atoms with Crippen molar-refractivity contribution in [2.24, 2.45) is 5.92 Å². The minimum atomic E-state index is -1.10. The molecule has 69 heavy (non-hydrogen) atoms. The highest BCUT2D eigenvalue weighted by molar-refractivity contribution is 5.90. The smallest absolute Gasteiger partial charge is 0.314 e. The number of unbranched alkanes of at least 4 members (excludes halogenated alkanes) is 3. The van der Waals surface area contributed by atoms with Gasteiger partial charge in [-0.25, -0.2) is 9.97 Å². The molecule has 0 radical (unpaired) electrons. The molecule has 0 saturated carbocycles.